The van der Waals surface area contributed by atoms with Crippen LogP contribution in [-0.2, 0) is 0 Å². The molecule has 0 bridgehead atoms. The van der Waals surface area contributed by atoms with Crippen LogP contribution in [0.25, 0.3) is 0 Å². The van der Waals surface area contributed by atoms with Crippen molar-refractivity contribution in [3.05, 3.63) is 83.9 Å². The molecule has 0 heterocycles. The molecule has 3 aromatic carbocycles. The minimum absolute atomic E-state index is 0.515. The van der Waals surface area contributed by atoms with Gasteiger partial charge in [0.2, 0.25) is 0 Å². The maximum absolute atomic E-state index is 2.34. The van der Waals surface area contributed by atoms with Crippen LogP contribution in [0.3, 0.4) is 0 Å². The van der Waals surface area contributed by atoms with Crippen LogP contribution in [0.2, 0.25) is 0 Å². The van der Waals surface area contributed by atoms with Crippen molar-refractivity contribution in [3.8, 4) is 0 Å². The van der Waals surface area contributed by atoms with Crippen molar-refractivity contribution in [1.29, 1.82) is 0 Å². The molecule has 0 amide bonds. The standard InChI is InChI=1S/C23H26P/c1-17(2)20-13-7-9-15-22(20)24(19-11-5-6-12-19)23-16-10-8-14-21(23)18(3)4/h5-18H,1-4H3/q-1. The molecule has 24 heavy (non-hydrogen) atoms. The Balaban J connectivity index is 2.24. The highest BCUT2D eigenvalue weighted by molar-refractivity contribution is 7.80. The Bertz CT molecular complexity index is 730. The van der Waals surface area contributed by atoms with Crippen LogP contribution < -0.4 is 15.9 Å². The lowest BCUT2D eigenvalue weighted by Gasteiger charge is -2.30. The van der Waals surface area contributed by atoms with Crippen LogP contribution in [0.4, 0.5) is 0 Å². The molecule has 0 atom stereocenters. The van der Waals surface area contributed by atoms with Crippen molar-refractivity contribution >= 4 is 23.8 Å². The molecule has 124 valence electrons. The van der Waals surface area contributed by atoms with E-state index >= 15 is 0 Å². The van der Waals surface area contributed by atoms with Gasteiger partial charge in [0.15, 0.2) is 0 Å². The van der Waals surface area contributed by atoms with E-state index in [-0.39, 0.29) is 0 Å². The second kappa shape index (κ2) is 7.41. The summed E-state index contributed by atoms with van der Waals surface area (Å²) in [4.78, 5) is 0. The van der Waals surface area contributed by atoms with Gasteiger partial charge in [-0.05, 0) is 33.6 Å². The van der Waals surface area contributed by atoms with Crippen molar-refractivity contribution in [2.75, 3.05) is 0 Å². The first-order chi connectivity index (χ1) is 11.6. The number of rotatable bonds is 5. The van der Waals surface area contributed by atoms with E-state index in [1.165, 1.54) is 27.0 Å². The molecule has 0 nitrogen and oxygen atoms in total. The Labute approximate surface area is 147 Å². The molecule has 0 aromatic heterocycles. The fourth-order valence-corrected chi connectivity index (χ4v) is 6.22. The number of hydrogen-bond acceptors (Lipinski definition) is 0. The average Bonchev–Trinajstić information content (AvgIpc) is 3.10. The summed E-state index contributed by atoms with van der Waals surface area (Å²) >= 11 is 0. The fourth-order valence-electron chi connectivity index (χ4n) is 3.28. The summed E-state index contributed by atoms with van der Waals surface area (Å²) in [5.41, 5.74) is 2.95. The van der Waals surface area contributed by atoms with E-state index in [0.29, 0.717) is 11.8 Å². The number of benzene rings is 2. The van der Waals surface area contributed by atoms with Gasteiger partial charge in [-0.1, -0.05) is 84.1 Å². The SMILES string of the molecule is CC(C)c1ccccc1P(c1cc[cH-]c1)c1ccccc1C(C)C. The van der Waals surface area contributed by atoms with Gasteiger partial charge in [0.05, 0.1) is 0 Å². The van der Waals surface area contributed by atoms with Crippen molar-refractivity contribution in [1.82, 2.24) is 0 Å². The first-order valence-corrected chi connectivity index (χ1v) is 10.1. The lowest BCUT2D eigenvalue weighted by Crippen LogP contribution is -2.25. The smallest absolute Gasteiger partial charge is 0.0213 e. The molecular weight excluding hydrogens is 307 g/mol. The van der Waals surface area contributed by atoms with E-state index < -0.39 is 7.92 Å². The topological polar surface area (TPSA) is 0 Å². The molecule has 0 radical (unpaired) electrons. The Morgan fingerprint density at radius 2 is 1.21 bits per heavy atom. The van der Waals surface area contributed by atoms with Crippen LogP contribution in [0.1, 0.15) is 50.7 Å². The van der Waals surface area contributed by atoms with Gasteiger partial charge in [0, 0.05) is 0 Å². The Kier molecular flexibility index (Phi) is 5.27. The third-order valence-corrected chi connectivity index (χ3v) is 7.10. The van der Waals surface area contributed by atoms with Gasteiger partial charge in [0.1, 0.15) is 0 Å². The van der Waals surface area contributed by atoms with Crippen molar-refractivity contribution in [2.24, 2.45) is 0 Å². The Morgan fingerprint density at radius 3 is 1.62 bits per heavy atom. The fraction of sp³-hybridized carbons (Fsp3) is 0.261. The minimum atomic E-state index is -0.515. The zero-order valence-electron chi connectivity index (χ0n) is 15.0. The molecule has 0 spiro atoms. The quantitative estimate of drug-likeness (QED) is 0.432. The zero-order chi connectivity index (χ0) is 17.1. The van der Waals surface area contributed by atoms with E-state index in [2.05, 4.69) is 100 Å². The predicted octanol–water partition coefficient (Wildman–Crippen LogP) is 5.41. The summed E-state index contributed by atoms with van der Waals surface area (Å²) < 4.78 is 0. The van der Waals surface area contributed by atoms with Crippen molar-refractivity contribution in [2.45, 2.75) is 39.5 Å². The van der Waals surface area contributed by atoms with Gasteiger partial charge >= 0.3 is 0 Å². The molecule has 0 aliphatic heterocycles. The maximum atomic E-state index is 2.34. The van der Waals surface area contributed by atoms with Gasteiger partial charge in [-0.25, -0.2) is 6.07 Å². The van der Waals surface area contributed by atoms with Gasteiger partial charge in [0.25, 0.3) is 0 Å². The third kappa shape index (κ3) is 3.35. The first-order valence-electron chi connectivity index (χ1n) is 8.79. The summed E-state index contributed by atoms with van der Waals surface area (Å²) in [6, 6.07) is 26.9. The lowest BCUT2D eigenvalue weighted by molar-refractivity contribution is 0.872. The summed E-state index contributed by atoms with van der Waals surface area (Å²) in [7, 11) is -0.515. The monoisotopic (exact) mass is 333 g/mol. The molecular formula is C23H26P-. The maximum Gasteiger partial charge on any atom is -0.0213 e. The highest BCUT2D eigenvalue weighted by Gasteiger charge is 2.19. The summed E-state index contributed by atoms with van der Waals surface area (Å²) in [6.07, 6.45) is 0. The Morgan fingerprint density at radius 1 is 0.708 bits per heavy atom. The van der Waals surface area contributed by atoms with Gasteiger partial charge in [-0.2, -0.15) is 23.5 Å². The van der Waals surface area contributed by atoms with Crippen LogP contribution in [-0.4, -0.2) is 0 Å². The molecule has 3 aromatic rings. The third-order valence-electron chi connectivity index (χ3n) is 4.50. The highest BCUT2D eigenvalue weighted by atomic mass is 31.1. The zero-order valence-corrected chi connectivity index (χ0v) is 15.9. The van der Waals surface area contributed by atoms with Crippen LogP contribution >= 0.6 is 7.92 Å². The van der Waals surface area contributed by atoms with E-state index in [0.717, 1.165) is 0 Å². The highest BCUT2D eigenvalue weighted by Crippen LogP contribution is 2.38. The van der Waals surface area contributed by atoms with E-state index in [9.17, 15) is 0 Å². The second-order valence-corrected chi connectivity index (χ2v) is 9.06. The molecule has 0 N–H and O–H groups in total. The number of hydrogen-bond donors (Lipinski definition) is 0. The molecule has 3 rings (SSSR count). The Hall–Kier alpha value is -1.78. The molecule has 0 unspecified atom stereocenters. The summed E-state index contributed by atoms with van der Waals surface area (Å²) in [6.45, 7) is 9.19. The van der Waals surface area contributed by atoms with Crippen LogP contribution in [0.15, 0.2) is 72.8 Å². The van der Waals surface area contributed by atoms with Crippen LogP contribution in [0.5, 0.6) is 0 Å². The van der Waals surface area contributed by atoms with E-state index in [4.69, 9.17) is 0 Å². The van der Waals surface area contributed by atoms with E-state index in [1.807, 2.05) is 0 Å². The van der Waals surface area contributed by atoms with E-state index in [1.54, 1.807) is 0 Å². The summed E-state index contributed by atoms with van der Waals surface area (Å²) in [5, 5.41) is 4.45. The molecule has 0 fully saturated rings. The molecule has 0 saturated heterocycles. The average molecular weight is 333 g/mol. The van der Waals surface area contributed by atoms with Crippen molar-refractivity contribution in [3.63, 3.8) is 0 Å². The molecule has 0 aliphatic rings. The van der Waals surface area contributed by atoms with Gasteiger partial charge in [-0.3, -0.25) is 0 Å². The molecule has 0 saturated carbocycles. The lowest BCUT2D eigenvalue weighted by atomic mass is 10.0. The first kappa shape index (κ1) is 17.1. The van der Waals surface area contributed by atoms with Gasteiger partial charge < -0.3 is 0 Å². The minimum Gasteiger partial charge on any atom is -0.206 e. The summed E-state index contributed by atoms with van der Waals surface area (Å²) in [5.74, 6) is 1.07. The second-order valence-electron chi connectivity index (χ2n) is 6.91. The molecule has 0 aliphatic carbocycles. The normalized spacial score (nSPS) is 11.6. The van der Waals surface area contributed by atoms with Gasteiger partial charge in [-0.15, -0.1) is 0 Å². The van der Waals surface area contributed by atoms with Crippen LogP contribution in [0, 0.1) is 0 Å². The van der Waals surface area contributed by atoms with Crippen molar-refractivity contribution < 1.29 is 0 Å². The molecule has 1 heteroatoms. The largest absolute Gasteiger partial charge is 0.206 e. The predicted molar refractivity (Wildman–Crippen MR) is 109 cm³/mol.